The molecule has 1 fully saturated rings. The molecule has 0 saturated carbocycles. The third kappa shape index (κ3) is 4.72. The highest BCUT2D eigenvalue weighted by Crippen LogP contribution is 2.29. The number of hydrogen-bond acceptors (Lipinski definition) is 4. The van der Waals surface area contributed by atoms with Gasteiger partial charge in [-0.2, -0.15) is 0 Å². The van der Waals surface area contributed by atoms with E-state index in [2.05, 4.69) is 14.9 Å². The van der Waals surface area contributed by atoms with Gasteiger partial charge in [-0.25, -0.2) is 13.1 Å². The zero-order valence-corrected chi connectivity index (χ0v) is 17.1. The van der Waals surface area contributed by atoms with Crippen molar-refractivity contribution in [3.63, 3.8) is 0 Å². The Labute approximate surface area is 167 Å². The Morgan fingerprint density at radius 1 is 1.07 bits per heavy atom. The number of anilines is 2. The fraction of sp³-hybridized carbons (Fsp3) is 0.381. The molecule has 7 heteroatoms. The average molecular weight is 402 g/mol. The van der Waals surface area contributed by atoms with Crippen molar-refractivity contribution in [2.75, 3.05) is 23.3 Å². The number of para-hydroxylation sites is 2. The minimum Gasteiger partial charge on any atom is -0.370 e. The second-order valence-electron chi connectivity index (χ2n) is 7.12. The molecule has 1 atom stereocenters. The van der Waals surface area contributed by atoms with E-state index in [1.54, 1.807) is 12.1 Å². The molecule has 28 heavy (non-hydrogen) atoms. The molecule has 2 N–H and O–H groups in total. The molecule has 2 aromatic rings. The number of hydrogen-bond donors (Lipinski definition) is 2. The van der Waals surface area contributed by atoms with Gasteiger partial charge in [0.05, 0.1) is 16.3 Å². The number of carbonyl (C=O) groups is 1. The summed E-state index contributed by atoms with van der Waals surface area (Å²) >= 11 is 0. The normalized spacial score (nSPS) is 15.4. The Hall–Kier alpha value is -2.38. The van der Waals surface area contributed by atoms with Crippen molar-refractivity contribution >= 4 is 27.3 Å². The lowest BCUT2D eigenvalue weighted by atomic mass is 10.2. The van der Waals surface area contributed by atoms with Gasteiger partial charge in [-0.15, -0.1) is 0 Å². The molecule has 0 aliphatic carbocycles. The molecule has 1 amide bonds. The Kier molecular flexibility index (Phi) is 6.36. The molecule has 0 radical (unpaired) electrons. The summed E-state index contributed by atoms with van der Waals surface area (Å²) < 4.78 is 27.3. The molecule has 1 heterocycles. The number of nitrogens with zero attached hydrogens (tertiary/aromatic N) is 1. The third-order valence-electron chi connectivity index (χ3n) is 4.99. The van der Waals surface area contributed by atoms with Gasteiger partial charge in [0.15, 0.2) is 0 Å². The van der Waals surface area contributed by atoms with Crippen LogP contribution in [0, 0.1) is 0 Å². The summed E-state index contributed by atoms with van der Waals surface area (Å²) in [6, 6.07) is 13.6. The summed E-state index contributed by atoms with van der Waals surface area (Å²) in [5.41, 5.74) is 2.20. The standard InChI is InChI=1S/C21H27N3O3S/c1-3-16(2)23-28(26,27)18-12-10-17(11-13-18)21(25)22-19-8-4-5-9-20(19)24-14-6-7-15-24/h4-5,8-13,16,23H,3,6-7,14-15H2,1-2H3,(H,22,25). The number of nitrogens with one attached hydrogen (secondary N) is 2. The van der Waals surface area contributed by atoms with Crippen LogP contribution in [0.25, 0.3) is 0 Å². The molecule has 150 valence electrons. The second kappa shape index (κ2) is 8.75. The third-order valence-corrected chi connectivity index (χ3v) is 6.60. The Morgan fingerprint density at radius 3 is 2.36 bits per heavy atom. The zero-order chi connectivity index (χ0) is 20.1. The van der Waals surface area contributed by atoms with E-state index in [0.717, 1.165) is 37.3 Å². The summed E-state index contributed by atoms with van der Waals surface area (Å²) in [7, 11) is -3.58. The van der Waals surface area contributed by atoms with Crippen molar-refractivity contribution in [3.05, 3.63) is 54.1 Å². The molecule has 1 aliphatic heterocycles. The van der Waals surface area contributed by atoms with Crippen molar-refractivity contribution in [2.24, 2.45) is 0 Å². The maximum atomic E-state index is 12.7. The highest BCUT2D eigenvalue weighted by molar-refractivity contribution is 7.89. The van der Waals surface area contributed by atoms with Gasteiger partial charge in [-0.3, -0.25) is 4.79 Å². The van der Waals surface area contributed by atoms with Crippen LogP contribution in [-0.2, 0) is 10.0 Å². The molecular formula is C21H27N3O3S. The van der Waals surface area contributed by atoms with Gasteiger partial charge in [0.1, 0.15) is 0 Å². The molecular weight excluding hydrogens is 374 g/mol. The Balaban J connectivity index is 1.74. The number of carbonyl (C=O) groups excluding carboxylic acids is 1. The lowest BCUT2D eigenvalue weighted by Crippen LogP contribution is -2.32. The van der Waals surface area contributed by atoms with Crippen molar-refractivity contribution in [2.45, 2.75) is 44.0 Å². The molecule has 1 saturated heterocycles. The van der Waals surface area contributed by atoms with E-state index in [9.17, 15) is 13.2 Å². The molecule has 3 rings (SSSR count). The van der Waals surface area contributed by atoms with E-state index >= 15 is 0 Å². The molecule has 0 aromatic heterocycles. The van der Waals surface area contributed by atoms with Gasteiger partial charge in [0, 0.05) is 24.7 Å². The first-order valence-corrected chi connectivity index (χ1v) is 11.2. The zero-order valence-electron chi connectivity index (χ0n) is 16.3. The van der Waals surface area contributed by atoms with Crippen molar-refractivity contribution in [1.29, 1.82) is 0 Å². The van der Waals surface area contributed by atoms with E-state index in [4.69, 9.17) is 0 Å². The van der Waals surface area contributed by atoms with Gasteiger partial charge in [-0.05, 0) is 62.6 Å². The summed E-state index contributed by atoms with van der Waals surface area (Å²) in [6.45, 7) is 5.71. The van der Waals surface area contributed by atoms with Crippen LogP contribution < -0.4 is 14.9 Å². The van der Waals surface area contributed by atoms with Crippen LogP contribution in [0.15, 0.2) is 53.4 Å². The highest BCUT2D eigenvalue weighted by Gasteiger charge is 2.19. The van der Waals surface area contributed by atoms with Crippen LogP contribution in [0.2, 0.25) is 0 Å². The second-order valence-corrected chi connectivity index (χ2v) is 8.83. The minimum absolute atomic E-state index is 0.143. The summed E-state index contributed by atoms with van der Waals surface area (Å²) in [5.74, 6) is -0.259. The van der Waals surface area contributed by atoms with Crippen LogP contribution in [0.3, 0.4) is 0 Å². The first-order valence-electron chi connectivity index (χ1n) is 9.68. The van der Waals surface area contributed by atoms with E-state index in [0.29, 0.717) is 12.0 Å². The number of sulfonamides is 1. The smallest absolute Gasteiger partial charge is 0.255 e. The maximum absolute atomic E-state index is 12.7. The van der Waals surface area contributed by atoms with Crippen LogP contribution in [0.1, 0.15) is 43.5 Å². The molecule has 0 bridgehead atoms. The Morgan fingerprint density at radius 2 is 1.71 bits per heavy atom. The van der Waals surface area contributed by atoms with Crippen molar-refractivity contribution < 1.29 is 13.2 Å². The number of rotatable bonds is 7. The van der Waals surface area contributed by atoms with Crippen molar-refractivity contribution in [1.82, 2.24) is 4.72 Å². The van der Waals surface area contributed by atoms with Crippen LogP contribution in [-0.4, -0.2) is 33.5 Å². The quantitative estimate of drug-likeness (QED) is 0.743. The minimum atomic E-state index is -3.58. The topological polar surface area (TPSA) is 78.5 Å². The Bertz CT molecular complexity index is 920. The highest BCUT2D eigenvalue weighted by atomic mass is 32.2. The van der Waals surface area contributed by atoms with E-state index in [1.165, 1.54) is 12.1 Å². The summed E-state index contributed by atoms with van der Waals surface area (Å²) in [5, 5.41) is 2.96. The van der Waals surface area contributed by atoms with Gasteiger partial charge in [0.25, 0.3) is 5.91 Å². The lowest BCUT2D eigenvalue weighted by Gasteiger charge is -2.21. The number of amides is 1. The molecule has 2 aromatic carbocycles. The maximum Gasteiger partial charge on any atom is 0.255 e. The van der Waals surface area contributed by atoms with E-state index < -0.39 is 10.0 Å². The predicted octanol–water partition coefficient (Wildman–Crippen LogP) is 3.62. The fourth-order valence-corrected chi connectivity index (χ4v) is 4.54. The van der Waals surface area contributed by atoms with Crippen molar-refractivity contribution in [3.8, 4) is 0 Å². The molecule has 0 spiro atoms. The van der Waals surface area contributed by atoms with Gasteiger partial charge in [0.2, 0.25) is 10.0 Å². The van der Waals surface area contributed by atoms with Crippen LogP contribution in [0.5, 0.6) is 0 Å². The van der Waals surface area contributed by atoms with Gasteiger partial charge >= 0.3 is 0 Å². The summed E-state index contributed by atoms with van der Waals surface area (Å²) in [4.78, 5) is 15.1. The SMILES string of the molecule is CCC(C)NS(=O)(=O)c1ccc(C(=O)Nc2ccccc2N2CCCC2)cc1. The first-order chi connectivity index (χ1) is 13.4. The average Bonchev–Trinajstić information content (AvgIpc) is 3.22. The van der Waals surface area contributed by atoms with Crippen LogP contribution >= 0.6 is 0 Å². The fourth-order valence-electron chi connectivity index (χ4n) is 3.21. The summed E-state index contributed by atoms with van der Waals surface area (Å²) in [6.07, 6.45) is 3.02. The molecule has 1 unspecified atom stereocenters. The predicted molar refractivity (Wildman–Crippen MR) is 112 cm³/mol. The molecule has 1 aliphatic rings. The van der Waals surface area contributed by atoms with Crippen LogP contribution in [0.4, 0.5) is 11.4 Å². The molecule has 6 nitrogen and oxygen atoms in total. The lowest BCUT2D eigenvalue weighted by molar-refractivity contribution is 0.102. The first kappa shape index (κ1) is 20.4. The van der Waals surface area contributed by atoms with E-state index in [-0.39, 0.29) is 16.8 Å². The monoisotopic (exact) mass is 401 g/mol. The number of benzene rings is 2. The van der Waals surface area contributed by atoms with Gasteiger partial charge < -0.3 is 10.2 Å². The largest absolute Gasteiger partial charge is 0.370 e. The van der Waals surface area contributed by atoms with Gasteiger partial charge in [-0.1, -0.05) is 19.1 Å². The van der Waals surface area contributed by atoms with E-state index in [1.807, 2.05) is 38.1 Å².